The van der Waals surface area contributed by atoms with Crippen molar-refractivity contribution in [3.63, 3.8) is 0 Å². The summed E-state index contributed by atoms with van der Waals surface area (Å²) in [6, 6.07) is 20.0. The first kappa shape index (κ1) is 24.0. The Morgan fingerprint density at radius 1 is 0.833 bits per heavy atom. The minimum atomic E-state index is -1.11. The van der Waals surface area contributed by atoms with E-state index in [4.69, 9.17) is 19.3 Å². The normalized spacial score (nSPS) is 12.2. The molecule has 1 atom stereocenters. The number of hydrogen-bond acceptors (Lipinski definition) is 5. The van der Waals surface area contributed by atoms with Crippen molar-refractivity contribution in [1.29, 1.82) is 0 Å². The van der Waals surface area contributed by atoms with E-state index in [2.05, 4.69) is 4.90 Å². The molecule has 0 aromatic heterocycles. The van der Waals surface area contributed by atoms with Crippen LogP contribution in [0.25, 0.3) is 0 Å². The Bertz CT molecular complexity index is 660. The molecular weight excluding hydrogens is 389 g/mol. The molecule has 0 saturated carbocycles. The quantitative estimate of drug-likeness (QED) is 0.422. The van der Waals surface area contributed by atoms with Crippen LogP contribution in [0.4, 0.5) is 4.39 Å². The highest BCUT2D eigenvalue weighted by molar-refractivity contribution is 5.67. The van der Waals surface area contributed by atoms with Crippen molar-refractivity contribution in [2.45, 2.75) is 19.3 Å². The van der Waals surface area contributed by atoms with Gasteiger partial charge in [0.05, 0.1) is 33.0 Å². The molecular formula is C23H30FNO5. The molecule has 0 aliphatic heterocycles. The Hall–Kier alpha value is -2.32. The Balaban J connectivity index is 1.67. The highest BCUT2D eigenvalue weighted by atomic mass is 19.1. The van der Waals surface area contributed by atoms with Crippen molar-refractivity contribution in [3.8, 4) is 0 Å². The van der Waals surface area contributed by atoms with Crippen LogP contribution < -0.4 is 0 Å². The number of hydrogen-bond donors (Lipinski definition) is 1. The molecule has 0 radical (unpaired) electrons. The zero-order valence-corrected chi connectivity index (χ0v) is 17.1. The number of carboxylic acid groups (broad SMARTS) is 1. The summed E-state index contributed by atoms with van der Waals surface area (Å²) in [5.41, 5.74) is 2.28. The first-order valence-corrected chi connectivity index (χ1v) is 10.0. The zero-order valence-electron chi connectivity index (χ0n) is 17.1. The molecule has 0 spiro atoms. The smallest absolute Gasteiger partial charge is 0.329 e. The van der Waals surface area contributed by atoms with Gasteiger partial charge < -0.3 is 19.3 Å². The molecule has 164 valence electrons. The van der Waals surface area contributed by atoms with Crippen molar-refractivity contribution in [2.75, 3.05) is 46.2 Å². The van der Waals surface area contributed by atoms with Crippen LogP contribution in [0.15, 0.2) is 60.7 Å². The van der Waals surface area contributed by atoms with Gasteiger partial charge in [-0.1, -0.05) is 60.7 Å². The maximum absolute atomic E-state index is 14.5. The van der Waals surface area contributed by atoms with Gasteiger partial charge in [0.25, 0.3) is 0 Å². The summed E-state index contributed by atoms with van der Waals surface area (Å²) in [5.74, 6) is -1.01. The molecule has 6 nitrogen and oxygen atoms in total. The Kier molecular flexibility index (Phi) is 11.7. The number of ether oxygens (including phenoxy) is 3. The van der Waals surface area contributed by atoms with E-state index >= 15 is 0 Å². The van der Waals surface area contributed by atoms with Crippen LogP contribution in [0.1, 0.15) is 11.1 Å². The Labute approximate surface area is 177 Å². The Morgan fingerprint density at radius 3 is 1.87 bits per heavy atom. The molecule has 1 N–H and O–H groups in total. The largest absolute Gasteiger partial charge is 0.480 e. The molecule has 0 heterocycles. The predicted molar refractivity (Wildman–Crippen MR) is 112 cm³/mol. The van der Waals surface area contributed by atoms with Crippen molar-refractivity contribution in [3.05, 3.63) is 71.8 Å². The van der Waals surface area contributed by atoms with Gasteiger partial charge in [0.15, 0.2) is 0 Å². The van der Waals surface area contributed by atoms with Gasteiger partial charge >= 0.3 is 5.97 Å². The minimum absolute atomic E-state index is 0.00104. The van der Waals surface area contributed by atoms with Crippen molar-refractivity contribution in [2.24, 2.45) is 0 Å². The molecule has 1 unspecified atom stereocenters. The van der Waals surface area contributed by atoms with E-state index < -0.39 is 12.1 Å². The average molecular weight is 419 g/mol. The summed E-state index contributed by atoms with van der Waals surface area (Å²) < 4.78 is 30.0. The summed E-state index contributed by atoms with van der Waals surface area (Å²) in [5, 5.41) is 8.44. The molecule has 0 saturated heterocycles. The third-order valence-electron chi connectivity index (χ3n) is 4.22. The van der Waals surface area contributed by atoms with E-state index in [9.17, 15) is 9.18 Å². The second kappa shape index (κ2) is 14.6. The lowest BCUT2D eigenvalue weighted by atomic mass is 10.1. The molecule has 0 fully saturated rings. The standard InChI is InChI=1S/C23H30FNO5/c24-22(18-29-13-11-28-12-14-30-19-23(26)27)17-25(15-20-7-3-1-4-8-20)16-21-9-5-2-6-10-21/h1-10,22H,11-19H2,(H,26,27). The number of nitrogens with zero attached hydrogens (tertiary/aromatic N) is 1. The monoisotopic (exact) mass is 419 g/mol. The van der Waals surface area contributed by atoms with E-state index in [-0.39, 0.29) is 39.6 Å². The van der Waals surface area contributed by atoms with Gasteiger partial charge in [-0.2, -0.15) is 0 Å². The number of aliphatic carboxylic acids is 1. The van der Waals surface area contributed by atoms with Crippen LogP contribution in [0, 0.1) is 0 Å². The molecule has 2 aromatic carbocycles. The van der Waals surface area contributed by atoms with Crippen molar-refractivity contribution < 1.29 is 28.5 Å². The van der Waals surface area contributed by atoms with Crippen molar-refractivity contribution in [1.82, 2.24) is 4.90 Å². The van der Waals surface area contributed by atoms with Gasteiger partial charge in [-0.3, -0.25) is 4.90 Å². The second-order valence-corrected chi connectivity index (χ2v) is 6.87. The van der Waals surface area contributed by atoms with E-state index in [1.54, 1.807) is 0 Å². The number of halogens is 1. The van der Waals surface area contributed by atoms with E-state index in [1.165, 1.54) is 0 Å². The molecule has 0 aliphatic rings. The number of carbonyl (C=O) groups is 1. The predicted octanol–water partition coefficient (Wildman–Crippen LogP) is 3.16. The van der Waals surface area contributed by atoms with Crippen LogP contribution in [0.5, 0.6) is 0 Å². The van der Waals surface area contributed by atoms with Gasteiger partial charge in [0, 0.05) is 19.6 Å². The molecule has 0 bridgehead atoms. The van der Waals surface area contributed by atoms with Crippen LogP contribution in [0.3, 0.4) is 0 Å². The first-order valence-electron chi connectivity index (χ1n) is 10.0. The first-order chi connectivity index (χ1) is 14.6. The number of carboxylic acids is 1. The third kappa shape index (κ3) is 11.0. The summed E-state index contributed by atoms with van der Waals surface area (Å²) in [6.07, 6.45) is -1.11. The van der Waals surface area contributed by atoms with Crippen LogP contribution in [-0.4, -0.2) is 68.3 Å². The fourth-order valence-corrected chi connectivity index (χ4v) is 2.91. The molecule has 2 aromatic rings. The molecule has 30 heavy (non-hydrogen) atoms. The summed E-state index contributed by atoms with van der Waals surface area (Å²) in [7, 11) is 0. The molecule has 2 rings (SSSR count). The number of benzene rings is 2. The Morgan fingerprint density at radius 2 is 1.33 bits per heavy atom. The molecule has 0 aliphatic carbocycles. The topological polar surface area (TPSA) is 68.2 Å². The maximum atomic E-state index is 14.5. The summed E-state index contributed by atoms with van der Waals surface area (Å²) in [6.45, 7) is 2.31. The third-order valence-corrected chi connectivity index (χ3v) is 4.22. The highest BCUT2D eigenvalue weighted by Crippen LogP contribution is 2.12. The molecule has 7 heteroatoms. The lowest BCUT2D eigenvalue weighted by molar-refractivity contribution is -0.142. The van der Waals surface area contributed by atoms with Crippen molar-refractivity contribution >= 4 is 5.97 Å². The lowest BCUT2D eigenvalue weighted by Crippen LogP contribution is -2.32. The highest BCUT2D eigenvalue weighted by Gasteiger charge is 2.15. The van der Waals surface area contributed by atoms with Gasteiger partial charge in [-0.15, -0.1) is 0 Å². The lowest BCUT2D eigenvalue weighted by Gasteiger charge is -2.24. The SMILES string of the molecule is O=C(O)COCCOCCOCC(F)CN(Cc1ccccc1)Cc1ccccc1. The number of alkyl halides is 1. The van der Waals surface area contributed by atoms with Crippen LogP contribution in [0.2, 0.25) is 0 Å². The van der Waals surface area contributed by atoms with Gasteiger partial charge in [0.2, 0.25) is 0 Å². The van der Waals surface area contributed by atoms with Crippen LogP contribution in [-0.2, 0) is 32.1 Å². The summed E-state index contributed by atoms with van der Waals surface area (Å²) in [4.78, 5) is 12.4. The van der Waals surface area contributed by atoms with E-state index in [0.717, 1.165) is 11.1 Å². The zero-order chi connectivity index (χ0) is 21.4. The molecule has 0 amide bonds. The fraction of sp³-hybridized carbons (Fsp3) is 0.435. The van der Waals surface area contributed by atoms with Gasteiger partial charge in [-0.05, 0) is 11.1 Å². The minimum Gasteiger partial charge on any atom is -0.480 e. The summed E-state index contributed by atoms with van der Waals surface area (Å²) >= 11 is 0. The number of rotatable bonds is 16. The maximum Gasteiger partial charge on any atom is 0.329 e. The van der Waals surface area contributed by atoms with Gasteiger partial charge in [0.1, 0.15) is 12.8 Å². The second-order valence-electron chi connectivity index (χ2n) is 6.87. The fourth-order valence-electron chi connectivity index (χ4n) is 2.91. The van der Waals surface area contributed by atoms with Gasteiger partial charge in [-0.25, -0.2) is 9.18 Å². The van der Waals surface area contributed by atoms with E-state index in [0.29, 0.717) is 19.7 Å². The van der Waals surface area contributed by atoms with Crippen LogP contribution >= 0.6 is 0 Å². The average Bonchev–Trinajstić information content (AvgIpc) is 2.73. The van der Waals surface area contributed by atoms with E-state index in [1.807, 2.05) is 60.7 Å².